The molecule has 0 saturated carbocycles. The maximum Gasteiger partial charge on any atom is 0.223 e. The molecular weight excluding hydrogens is 280 g/mol. The Morgan fingerprint density at radius 1 is 1.52 bits per heavy atom. The zero-order valence-corrected chi connectivity index (χ0v) is 14.3. The van der Waals surface area contributed by atoms with Crippen LogP contribution in [0, 0.1) is 11.8 Å². The third kappa shape index (κ3) is 3.86. The van der Waals surface area contributed by atoms with Gasteiger partial charge in [-0.25, -0.2) is 0 Å². The van der Waals surface area contributed by atoms with Crippen LogP contribution in [0.25, 0.3) is 0 Å². The van der Waals surface area contributed by atoms with Gasteiger partial charge in [0, 0.05) is 17.8 Å². The van der Waals surface area contributed by atoms with Gasteiger partial charge in [0.15, 0.2) is 0 Å². The van der Waals surface area contributed by atoms with Crippen molar-refractivity contribution in [2.45, 2.75) is 52.5 Å². The van der Waals surface area contributed by atoms with E-state index in [1.54, 1.807) is 0 Å². The maximum atomic E-state index is 12.7. The van der Waals surface area contributed by atoms with Crippen molar-refractivity contribution in [3.8, 4) is 0 Å². The molecule has 0 aromatic carbocycles. The number of fused-ring (bicyclic) bond motifs is 1. The molecule has 2 atom stereocenters. The minimum Gasteiger partial charge on any atom is -0.335 e. The maximum absolute atomic E-state index is 12.7. The Balaban J connectivity index is 2.05. The topological polar surface area (TPSA) is 46.3 Å². The van der Waals surface area contributed by atoms with Crippen LogP contribution in [0.2, 0.25) is 0 Å². The van der Waals surface area contributed by atoms with Gasteiger partial charge in [-0.15, -0.1) is 11.3 Å². The standard InChI is InChI=1S/C17H28N2OS/c1-4-15-14-6-8-21-16(14)5-7-19(15)17(20)10-13(11-18)9-12(2)3/h6,8,12-13,15H,4-5,7,9-11,18H2,1-3H3/t13-,15?/m0/s1. The molecule has 2 rings (SSSR count). The van der Waals surface area contributed by atoms with Crippen molar-refractivity contribution in [3.05, 3.63) is 21.9 Å². The molecule has 0 saturated heterocycles. The predicted octanol–water partition coefficient (Wildman–Crippen LogP) is 3.60. The Morgan fingerprint density at radius 2 is 2.29 bits per heavy atom. The molecule has 0 spiro atoms. The van der Waals surface area contributed by atoms with Crippen LogP contribution in [0.15, 0.2) is 11.4 Å². The summed E-state index contributed by atoms with van der Waals surface area (Å²) in [6, 6.07) is 2.47. The molecule has 1 unspecified atom stereocenters. The first kappa shape index (κ1) is 16.5. The van der Waals surface area contributed by atoms with Gasteiger partial charge in [0.05, 0.1) is 6.04 Å². The largest absolute Gasteiger partial charge is 0.335 e. The molecule has 1 aromatic heterocycles. The molecule has 4 heteroatoms. The summed E-state index contributed by atoms with van der Waals surface area (Å²) in [5.41, 5.74) is 7.23. The second-order valence-corrected chi connectivity index (χ2v) is 7.50. The molecule has 0 fully saturated rings. The molecular formula is C17H28N2OS. The Morgan fingerprint density at radius 3 is 2.90 bits per heavy atom. The first-order valence-corrected chi connectivity index (χ1v) is 9.00. The first-order valence-electron chi connectivity index (χ1n) is 8.12. The van der Waals surface area contributed by atoms with Crippen molar-refractivity contribution in [2.75, 3.05) is 13.1 Å². The highest BCUT2D eigenvalue weighted by molar-refractivity contribution is 7.10. The van der Waals surface area contributed by atoms with Crippen molar-refractivity contribution in [1.29, 1.82) is 0 Å². The van der Waals surface area contributed by atoms with E-state index in [9.17, 15) is 4.79 Å². The van der Waals surface area contributed by atoms with Crippen LogP contribution in [0.3, 0.4) is 0 Å². The lowest BCUT2D eigenvalue weighted by Crippen LogP contribution is -2.40. The summed E-state index contributed by atoms with van der Waals surface area (Å²) in [5.74, 6) is 1.20. The summed E-state index contributed by atoms with van der Waals surface area (Å²) >= 11 is 1.83. The molecule has 0 bridgehead atoms. The lowest BCUT2D eigenvalue weighted by molar-refractivity contribution is -0.135. The molecule has 1 aromatic rings. The van der Waals surface area contributed by atoms with Crippen molar-refractivity contribution in [3.63, 3.8) is 0 Å². The third-order valence-corrected chi connectivity index (χ3v) is 5.40. The van der Waals surface area contributed by atoms with E-state index in [1.165, 1.54) is 10.4 Å². The van der Waals surface area contributed by atoms with Crippen LogP contribution in [0.4, 0.5) is 0 Å². The van der Waals surface area contributed by atoms with E-state index in [0.717, 1.165) is 25.8 Å². The van der Waals surface area contributed by atoms with Crippen LogP contribution < -0.4 is 5.73 Å². The summed E-state index contributed by atoms with van der Waals surface area (Å²) in [4.78, 5) is 16.3. The fourth-order valence-corrected chi connectivity index (χ4v) is 4.36. The number of amides is 1. The van der Waals surface area contributed by atoms with E-state index in [-0.39, 0.29) is 11.9 Å². The van der Waals surface area contributed by atoms with E-state index < -0.39 is 0 Å². The summed E-state index contributed by atoms with van der Waals surface area (Å²) in [6.45, 7) is 8.04. The lowest BCUT2D eigenvalue weighted by Gasteiger charge is -2.36. The zero-order chi connectivity index (χ0) is 15.4. The van der Waals surface area contributed by atoms with Crippen molar-refractivity contribution in [1.82, 2.24) is 4.90 Å². The van der Waals surface area contributed by atoms with Gasteiger partial charge in [-0.1, -0.05) is 20.8 Å². The van der Waals surface area contributed by atoms with Crippen molar-refractivity contribution in [2.24, 2.45) is 17.6 Å². The minimum atomic E-state index is 0.268. The normalized spacial score (nSPS) is 19.7. The molecule has 0 radical (unpaired) electrons. The first-order chi connectivity index (χ1) is 10.1. The summed E-state index contributed by atoms with van der Waals surface area (Å²) in [5, 5.41) is 2.16. The smallest absolute Gasteiger partial charge is 0.223 e. The highest BCUT2D eigenvalue weighted by Gasteiger charge is 2.31. The molecule has 1 amide bonds. The number of thiophene rings is 1. The van der Waals surface area contributed by atoms with Crippen LogP contribution in [0.5, 0.6) is 0 Å². The van der Waals surface area contributed by atoms with E-state index in [4.69, 9.17) is 5.73 Å². The monoisotopic (exact) mass is 308 g/mol. The predicted molar refractivity (Wildman–Crippen MR) is 89.4 cm³/mol. The zero-order valence-electron chi connectivity index (χ0n) is 13.5. The van der Waals surface area contributed by atoms with Crippen LogP contribution in [-0.4, -0.2) is 23.9 Å². The van der Waals surface area contributed by atoms with E-state index >= 15 is 0 Å². The Bertz CT molecular complexity index is 469. The van der Waals surface area contributed by atoms with Gasteiger partial charge in [0.25, 0.3) is 0 Å². The highest BCUT2D eigenvalue weighted by atomic mass is 32.1. The number of carbonyl (C=O) groups excluding carboxylic acids is 1. The number of nitrogens with two attached hydrogens (primary N) is 1. The van der Waals surface area contributed by atoms with Gasteiger partial charge in [0.2, 0.25) is 5.91 Å². The third-order valence-electron chi connectivity index (χ3n) is 4.40. The molecule has 118 valence electrons. The fourth-order valence-electron chi connectivity index (χ4n) is 3.43. The minimum absolute atomic E-state index is 0.268. The van der Waals surface area contributed by atoms with E-state index in [2.05, 4.69) is 37.1 Å². The average Bonchev–Trinajstić information content (AvgIpc) is 2.93. The number of rotatable bonds is 6. The van der Waals surface area contributed by atoms with Gasteiger partial charge in [0.1, 0.15) is 0 Å². The molecule has 21 heavy (non-hydrogen) atoms. The molecule has 3 nitrogen and oxygen atoms in total. The molecule has 2 heterocycles. The molecule has 2 N–H and O–H groups in total. The highest BCUT2D eigenvalue weighted by Crippen LogP contribution is 2.35. The van der Waals surface area contributed by atoms with Crippen LogP contribution in [0.1, 0.15) is 56.5 Å². The average molecular weight is 308 g/mol. The molecule has 1 aliphatic rings. The van der Waals surface area contributed by atoms with Gasteiger partial charge in [-0.2, -0.15) is 0 Å². The van der Waals surface area contributed by atoms with E-state index in [1.807, 2.05) is 11.3 Å². The summed E-state index contributed by atoms with van der Waals surface area (Å²) in [6.07, 6.45) is 3.64. The fraction of sp³-hybridized carbons (Fsp3) is 0.706. The quantitative estimate of drug-likeness (QED) is 0.873. The Hall–Kier alpha value is -0.870. The number of hydrogen-bond acceptors (Lipinski definition) is 3. The van der Waals surface area contributed by atoms with Crippen LogP contribution in [-0.2, 0) is 11.2 Å². The van der Waals surface area contributed by atoms with Crippen molar-refractivity contribution < 1.29 is 4.79 Å². The Labute approximate surface area is 132 Å². The SMILES string of the molecule is CCC1c2ccsc2CCN1C(=O)C[C@@H](CN)CC(C)C. The van der Waals surface area contributed by atoms with Gasteiger partial charge in [-0.05, 0) is 54.7 Å². The summed E-state index contributed by atoms with van der Waals surface area (Å²) < 4.78 is 0. The lowest BCUT2D eigenvalue weighted by atomic mass is 9.92. The van der Waals surface area contributed by atoms with Gasteiger partial charge >= 0.3 is 0 Å². The molecule has 0 aliphatic carbocycles. The van der Waals surface area contributed by atoms with Crippen molar-refractivity contribution >= 4 is 17.2 Å². The number of nitrogens with zero attached hydrogens (tertiary/aromatic N) is 1. The number of carbonyl (C=O) groups is 1. The van der Waals surface area contributed by atoms with Crippen LogP contribution >= 0.6 is 11.3 Å². The van der Waals surface area contributed by atoms with Gasteiger partial charge < -0.3 is 10.6 Å². The Kier molecular flexibility index (Phi) is 5.82. The second-order valence-electron chi connectivity index (χ2n) is 6.50. The van der Waals surface area contributed by atoms with E-state index in [0.29, 0.717) is 24.8 Å². The number of hydrogen-bond donors (Lipinski definition) is 1. The van der Waals surface area contributed by atoms with Gasteiger partial charge in [-0.3, -0.25) is 4.79 Å². The molecule has 1 aliphatic heterocycles. The second kappa shape index (κ2) is 7.41. The summed E-state index contributed by atoms with van der Waals surface area (Å²) in [7, 11) is 0.